The largest absolute Gasteiger partial charge is 0.341 e. The normalized spacial score (nSPS) is 16.6. The van der Waals surface area contributed by atoms with Crippen LogP contribution in [0.2, 0.25) is 0 Å². The maximum atomic E-state index is 13.0. The fraction of sp³-hybridized carbons (Fsp3) is 0.421. The summed E-state index contributed by atoms with van der Waals surface area (Å²) in [6.45, 7) is 3.34. The van der Waals surface area contributed by atoms with Gasteiger partial charge < -0.3 is 4.90 Å². The van der Waals surface area contributed by atoms with Crippen molar-refractivity contribution >= 4 is 5.91 Å². The molecule has 1 amide bonds. The molecule has 1 atom stereocenters. The lowest BCUT2D eigenvalue weighted by molar-refractivity contribution is -0.132. The third kappa shape index (κ3) is 3.47. The maximum absolute atomic E-state index is 13.0. The smallest absolute Gasteiger partial charge is 0.233 e. The molecular formula is C19H23N7O. The van der Waals surface area contributed by atoms with Crippen LogP contribution in [0.4, 0.5) is 0 Å². The molecule has 0 radical (unpaired) electrons. The number of likely N-dealkylation sites (N-methyl/N-ethyl adjacent to an activating group) is 1. The number of fused-ring (bicyclic) bond motifs is 1. The first kappa shape index (κ1) is 17.4. The summed E-state index contributed by atoms with van der Waals surface area (Å²) in [5.41, 5.74) is 3.19. The van der Waals surface area contributed by atoms with Gasteiger partial charge in [-0.3, -0.25) is 4.79 Å². The molecule has 27 heavy (non-hydrogen) atoms. The molecular weight excluding hydrogens is 342 g/mol. The van der Waals surface area contributed by atoms with Gasteiger partial charge in [0.15, 0.2) is 5.82 Å². The Balaban J connectivity index is 1.49. The Morgan fingerprint density at radius 2 is 2.15 bits per heavy atom. The van der Waals surface area contributed by atoms with Crippen molar-refractivity contribution in [1.29, 1.82) is 0 Å². The predicted molar refractivity (Wildman–Crippen MR) is 99.2 cm³/mol. The number of tetrazole rings is 1. The number of rotatable bonds is 4. The van der Waals surface area contributed by atoms with Crippen LogP contribution in [0.3, 0.4) is 0 Å². The van der Waals surface area contributed by atoms with Gasteiger partial charge in [-0.25, -0.2) is 9.36 Å². The van der Waals surface area contributed by atoms with Crippen LogP contribution in [-0.4, -0.2) is 47.8 Å². The minimum Gasteiger partial charge on any atom is -0.341 e. The topological polar surface area (TPSA) is 81.7 Å². The molecule has 8 nitrogen and oxygen atoms in total. The minimum atomic E-state index is -0.279. The lowest BCUT2D eigenvalue weighted by Gasteiger charge is -2.21. The molecule has 0 bridgehead atoms. The predicted octanol–water partition coefficient (Wildman–Crippen LogP) is 2.09. The highest BCUT2D eigenvalue weighted by atomic mass is 16.2. The summed E-state index contributed by atoms with van der Waals surface area (Å²) in [5, 5.41) is 16.3. The fourth-order valence-electron chi connectivity index (χ4n) is 3.61. The van der Waals surface area contributed by atoms with Crippen molar-refractivity contribution in [2.24, 2.45) is 0 Å². The van der Waals surface area contributed by atoms with Crippen LogP contribution in [-0.2, 0) is 17.9 Å². The molecule has 2 aromatic heterocycles. The van der Waals surface area contributed by atoms with Gasteiger partial charge >= 0.3 is 0 Å². The van der Waals surface area contributed by atoms with Crippen LogP contribution in [0.5, 0.6) is 0 Å². The van der Waals surface area contributed by atoms with Crippen LogP contribution >= 0.6 is 0 Å². The zero-order valence-electron chi connectivity index (χ0n) is 15.6. The average molecular weight is 365 g/mol. The number of carbonyl (C=O) groups is 1. The van der Waals surface area contributed by atoms with Crippen molar-refractivity contribution in [1.82, 2.24) is 34.9 Å². The van der Waals surface area contributed by atoms with Crippen molar-refractivity contribution in [2.45, 2.75) is 45.2 Å². The monoisotopic (exact) mass is 365 g/mol. The number of carbonyl (C=O) groups excluding carboxylic acids is 1. The van der Waals surface area contributed by atoms with Gasteiger partial charge in [0, 0.05) is 31.9 Å². The van der Waals surface area contributed by atoms with E-state index in [-0.39, 0.29) is 11.8 Å². The van der Waals surface area contributed by atoms with Gasteiger partial charge in [-0.05, 0) is 41.8 Å². The number of hydrogen-bond donors (Lipinski definition) is 0. The highest BCUT2D eigenvalue weighted by molar-refractivity contribution is 5.82. The zero-order valence-corrected chi connectivity index (χ0v) is 15.6. The molecule has 0 unspecified atom stereocenters. The Bertz CT molecular complexity index is 945. The number of nitrogens with zero attached hydrogens (tertiary/aromatic N) is 7. The van der Waals surface area contributed by atoms with E-state index in [0.29, 0.717) is 12.4 Å². The third-order valence-electron chi connectivity index (χ3n) is 5.08. The van der Waals surface area contributed by atoms with Gasteiger partial charge in [0.05, 0.1) is 17.8 Å². The number of aryl methyl sites for hydroxylation is 2. The second-order valence-corrected chi connectivity index (χ2v) is 7.08. The number of para-hydroxylation sites is 1. The minimum absolute atomic E-state index is 0.0524. The second-order valence-electron chi connectivity index (χ2n) is 7.08. The highest BCUT2D eigenvalue weighted by Crippen LogP contribution is 2.26. The number of benzene rings is 1. The van der Waals surface area contributed by atoms with E-state index in [1.165, 1.54) is 0 Å². The summed E-state index contributed by atoms with van der Waals surface area (Å²) < 4.78 is 3.62. The summed E-state index contributed by atoms with van der Waals surface area (Å²) in [7, 11) is 1.83. The molecule has 1 aromatic carbocycles. The Kier molecular flexibility index (Phi) is 4.70. The van der Waals surface area contributed by atoms with Gasteiger partial charge in [0.2, 0.25) is 5.91 Å². The van der Waals surface area contributed by atoms with Gasteiger partial charge in [0.1, 0.15) is 0 Å². The molecule has 140 valence electrons. The van der Waals surface area contributed by atoms with Crippen molar-refractivity contribution in [3.05, 3.63) is 53.6 Å². The van der Waals surface area contributed by atoms with E-state index < -0.39 is 0 Å². The molecule has 0 N–H and O–H groups in total. The third-order valence-corrected chi connectivity index (χ3v) is 5.08. The molecule has 8 heteroatoms. The van der Waals surface area contributed by atoms with Crippen LogP contribution in [0.25, 0.3) is 5.69 Å². The number of aromatic nitrogens is 6. The average Bonchev–Trinajstić information content (AvgIpc) is 3.27. The quantitative estimate of drug-likeness (QED) is 0.707. The van der Waals surface area contributed by atoms with Crippen molar-refractivity contribution in [3.8, 4) is 5.69 Å². The van der Waals surface area contributed by atoms with E-state index in [9.17, 15) is 4.79 Å². The van der Waals surface area contributed by atoms with E-state index >= 15 is 0 Å². The molecule has 4 rings (SSSR count). The Labute approximate surface area is 157 Å². The molecule has 3 aromatic rings. The Morgan fingerprint density at radius 3 is 3.00 bits per heavy atom. The van der Waals surface area contributed by atoms with E-state index in [1.54, 1.807) is 9.58 Å². The highest BCUT2D eigenvalue weighted by Gasteiger charge is 2.30. The van der Waals surface area contributed by atoms with Crippen LogP contribution < -0.4 is 0 Å². The fourth-order valence-corrected chi connectivity index (χ4v) is 3.61. The summed E-state index contributed by atoms with van der Waals surface area (Å²) in [6, 6.07) is 8.10. The van der Waals surface area contributed by atoms with Crippen LogP contribution in [0.1, 0.15) is 42.1 Å². The first-order chi connectivity index (χ1) is 13.1. The van der Waals surface area contributed by atoms with E-state index in [2.05, 4.69) is 33.6 Å². The van der Waals surface area contributed by atoms with E-state index in [0.717, 1.165) is 42.6 Å². The summed E-state index contributed by atoms with van der Waals surface area (Å²) >= 11 is 0. The number of amides is 1. The molecule has 3 heterocycles. The lowest BCUT2D eigenvalue weighted by atomic mass is 10.0. The molecule has 0 saturated heterocycles. The Morgan fingerprint density at radius 1 is 1.30 bits per heavy atom. The molecule has 1 aliphatic heterocycles. The van der Waals surface area contributed by atoms with Gasteiger partial charge in [-0.2, -0.15) is 5.10 Å². The molecule has 0 saturated carbocycles. The molecule has 0 spiro atoms. The summed E-state index contributed by atoms with van der Waals surface area (Å²) in [5.74, 6) is 0.454. The molecule has 0 fully saturated rings. The molecule has 1 aliphatic rings. The first-order valence-corrected chi connectivity index (χ1v) is 9.24. The maximum Gasteiger partial charge on any atom is 0.233 e. The van der Waals surface area contributed by atoms with Crippen molar-refractivity contribution in [2.75, 3.05) is 7.05 Å². The van der Waals surface area contributed by atoms with Gasteiger partial charge in [-0.15, -0.1) is 5.10 Å². The SMILES string of the molecule is Cc1ccccc1-n1cc(CN(C)C(=O)[C@@H]2CCCCn3nnnc32)cn1. The standard InChI is InChI=1S/C19H23N7O/c1-14-7-3-4-9-17(14)26-13-15(11-20-26)12-24(2)19(27)16-8-5-6-10-25-18(16)21-22-23-25/h3-4,7,9,11,13,16H,5-6,8,10,12H2,1-2H3/t16-/m1/s1. The number of hydrogen-bond acceptors (Lipinski definition) is 5. The summed E-state index contributed by atoms with van der Waals surface area (Å²) in [4.78, 5) is 14.8. The van der Waals surface area contributed by atoms with Crippen molar-refractivity contribution < 1.29 is 4.79 Å². The van der Waals surface area contributed by atoms with E-state index in [1.807, 2.05) is 42.3 Å². The molecule has 0 aliphatic carbocycles. The zero-order chi connectivity index (χ0) is 18.8. The lowest BCUT2D eigenvalue weighted by Crippen LogP contribution is -2.32. The second kappa shape index (κ2) is 7.30. The van der Waals surface area contributed by atoms with Crippen molar-refractivity contribution in [3.63, 3.8) is 0 Å². The van der Waals surface area contributed by atoms with Crippen LogP contribution in [0, 0.1) is 6.92 Å². The van der Waals surface area contributed by atoms with Gasteiger partial charge in [-0.1, -0.05) is 24.6 Å². The van der Waals surface area contributed by atoms with E-state index in [4.69, 9.17) is 0 Å². The Hall–Kier alpha value is -3.03. The summed E-state index contributed by atoms with van der Waals surface area (Å²) in [6.07, 6.45) is 6.55. The van der Waals surface area contributed by atoms with Gasteiger partial charge in [0.25, 0.3) is 0 Å². The first-order valence-electron chi connectivity index (χ1n) is 9.24. The van der Waals surface area contributed by atoms with Crippen LogP contribution in [0.15, 0.2) is 36.7 Å².